The fourth-order valence-corrected chi connectivity index (χ4v) is 3.26. The van der Waals surface area contributed by atoms with Crippen LogP contribution >= 0.6 is 11.8 Å². The maximum Gasteiger partial charge on any atom is 0.325 e. The highest BCUT2D eigenvalue weighted by molar-refractivity contribution is 7.99. The Kier molecular flexibility index (Phi) is 6.28. The standard InChI is InChI=1S/C20H22N6O2S/c1-12-5-6-16(9-13(12)2)21-20(28)22-18(27)11-29-19-8-7-17(23-24-19)26-15(4)10-14(3)25-26/h5-10H,11H2,1-4H3,(H2,21,22,27,28). The first-order valence-corrected chi connectivity index (χ1v) is 9.98. The van der Waals surface area contributed by atoms with Gasteiger partial charge in [-0.15, -0.1) is 10.2 Å². The van der Waals surface area contributed by atoms with Crippen molar-refractivity contribution in [1.82, 2.24) is 25.3 Å². The summed E-state index contributed by atoms with van der Waals surface area (Å²) in [6.07, 6.45) is 0. The molecule has 1 aromatic carbocycles. The van der Waals surface area contributed by atoms with Crippen LogP contribution in [0.4, 0.5) is 10.5 Å². The van der Waals surface area contributed by atoms with Gasteiger partial charge in [0, 0.05) is 11.4 Å². The SMILES string of the molecule is Cc1cc(C)n(-c2ccc(SCC(=O)NC(=O)Nc3ccc(C)c(C)c3)nn2)n1. The number of rotatable bonds is 5. The van der Waals surface area contributed by atoms with E-state index in [2.05, 4.69) is 25.9 Å². The Bertz CT molecular complexity index is 1050. The van der Waals surface area contributed by atoms with Gasteiger partial charge in [0.25, 0.3) is 0 Å². The van der Waals surface area contributed by atoms with Crippen LogP contribution in [-0.4, -0.2) is 37.7 Å². The lowest BCUT2D eigenvalue weighted by atomic mass is 10.1. The molecular formula is C20H22N6O2S. The Labute approximate surface area is 173 Å². The lowest BCUT2D eigenvalue weighted by Crippen LogP contribution is -2.35. The van der Waals surface area contributed by atoms with Crippen LogP contribution < -0.4 is 10.6 Å². The molecular weight excluding hydrogens is 388 g/mol. The van der Waals surface area contributed by atoms with Gasteiger partial charge in [-0.2, -0.15) is 5.10 Å². The first-order chi connectivity index (χ1) is 13.8. The first-order valence-electron chi connectivity index (χ1n) is 9.00. The van der Waals surface area contributed by atoms with Crippen LogP contribution in [0.25, 0.3) is 5.82 Å². The number of anilines is 1. The van der Waals surface area contributed by atoms with E-state index in [1.54, 1.807) is 22.9 Å². The van der Waals surface area contributed by atoms with Crippen LogP contribution in [0.1, 0.15) is 22.5 Å². The van der Waals surface area contributed by atoms with Crippen LogP contribution in [0.5, 0.6) is 0 Å². The average Bonchev–Trinajstić information content (AvgIpc) is 3.01. The summed E-state index contributed by atoms with van der Waals surface area (Å²) >= 11 is 1.20. The summed E-state index contributed by atoms with van der Waals surface area (Å²) in [6.45, 7) is 7.81. The molecule has 3 amide bonds. The normalized spacial score (nSPS) is 10.6. The van der Waals surface area contributed by atoms with Crippen molar-refractivity contribution in [2.75, 3.05) is 11.1 Å². The topological polar surface area (TPSA) is 102 Å². The van der Waals surface area contributed by atoms with Crippen molar-refractivity contribution < 1.29 is 9.59 Å². The summed E-state index contributed by atoms with van der Waals surface area (Å²) in [4.78, 5) is 24.0. The van der Waals surface area contributed by atoms with E-state index in [4.69, 9.17) is 0 Å². The summed E-state index contributed by atoms with van der Waals surface area (Å²) in [5.74, 6) is 0.242. The van der Waals surface area contributed by atoms with Gasteiger partial charge >= 0.3 is 6.03 Å². The molecule has 0 aliphatic rings. The number of nitrogens with zero attached hydrogens (tertiary/aromatic N) is 4. The Hall–Kier alpha value is -3.20. The molecule has 0 atom stereocenters. The van der Waals surface area contributed by atoms with Crippen LogP contribution in [0, 0.1) is 27.7 Å². The van der Waals surface area contributed by atoms with E-state index in [9.17, 15) is 9.59 Å². The van der Waals surface area contributed by atoms with E-state index in [0.717, 1.165) is 22.5 Å². The molecule has 0 unspecified atom stereocenters. The lowest BCUT2D eigenvalue weighted by molar-refractivity contribution is -0.117. The number of carbonyl (C=O) groups excluding carboxylic acids is 2. The van der Waals surface area contributed by atoms with Crippen molar-refractivity contribution in [2.24, 2.45) is 0 Å². The molecule has 2 aromatic heterocycles. The number of aromatic nitrogens is 4. The molecule has 0 aliphatic carbocycles. The molecule has 0 spiro atoms. The molecule has 2 heterocycles. The second-order valence-electron chi connectivity index (χ2n) is 6.66. The summed E-state index contributed by atoms with van der Waals surface area (Å²) in [7, 11) is 0. The van der Waals surface area contributed by atoms with Gasteiger partial charge < -0.3 is 5.32 Å². The number of imide groups is 1. The third-order valence-corrected chi connectivity index (χ3v) is 5.14. The van der Waals surface area contributed by atoms with E-state index in [-0.39, 0.29) is 5.75 Å². The predicted molar refractivity (Wildman–Crippen MR) is 112 cm³/mol. The molecule has 150 valence electrons. The molecule has 0 fully saturated rings. The van der Waals surface area contributed by atoms with Gasteiger partial charge in [-0.1, -0.05) is 17.8 Å². The summed E-state index contributed by atoms with van der Waals surface area (Å²) < 4.78 is 1.71. The minimum Gasteiger partial charge on any atom is -0.308 e. The van der Waals surface area contributed by atoms with Crippen molar-refractivity contribution >= 4 is 29.4 Å². The Morgan fingerprint density at radius 3 is 2.41 bits per heavy atom. The Morgan fingerprint density at radius 2 is 1.79 bits per heavy atom. The summed E-state index contributed by atoms with van der Waals surface area (Å²) in [5.41, 5.74) is 4.70. The van der Waals surface area contributed by atoms with Gasteiger partial charge in [0.1, 0.15) is 5.03 Å². The number of amides is 3. The number of hydrogen-bond acceptors (Lipinski definition) is 6. The first kappa shape index (κ1) is 20.5. The van der Waals surface area contributed by atoms with Crippen molar-refractivity contribution in [2.45, 2.75) is 32.7 Å². The van der Waals surface area contributed by atoms with Crippen molar-refractivity contribution in [1.29, 1.82) is 0 Å². The molecule has 0 radical (unpaired) electrons. The number of urea groups is 1. The van der Waals surface area contributed by atoms with Crippen molar-refractivity contribution in [3.05, 3.63) is 58.9 Å². The Morgan fingerprint density at radius 1 is 1.00 bits per heavy atom. The van der Waals surface area contributed by atoms with Gasteiger partial charge in [0.15, 0.2) is 5.82 Å². The van der Waals surface area contributed by atoms with Gasteiger partial charge in [0.05, 0.1) is 11.4 Å². The zero-order chi connectivity index (χ0) is 21.0. The monoisotopic (exact) mass is 410 g/mol. The molecule has 3 aromatic rings. The number of carbonyl (C=O) groups is 2. The highest BCUT2D eigenvalue weighted by atomic mass is 32.2. The van der Waals surface area contributed by atoms with Crippen molar-refractivity contribution in [3.63, 3.8) is 0 Å². The summed E-state index contributed by atoms with van der Waals surface area (Å²) in [6, 6.07) is 10.5. The molecule has 9 heteroatoms. The maximum absolute atomic E-state index is 12.0. The van der Waals surface area contributed by atoms with Gasteiger partial charge in [-0.25, -0.2) is 9.48 Å². The molecule has 8 nitrogen and oxygen atoms in total. The molecule has 0 bridgehead atoms. The number of benzene rings is 1. The van der Waals surface area contributed by atoms with Crippen molar-refractivity contribution in [3.8, 4) is 5.82 Å². The second kappa shape index (κ2) is 8.87. The molecule has 29 heavy (non-hydrogen) atoms. The number of nitrogens with one attached hydrogen (secondary N) is 2. The van der Waals surface area contributed by atoms with Gasteiger partial charge in [0.2, 0.25) is 5.91 Å². The predicted octanol–water partition coefficient (Wildman–Crippen LogP) is 3.34. The number of aryl methyl sites for hydroxylation is 4. The molecule has 2 N–H and O–H groups in total. The molecule has 0 saturated heterocycles. The van der Waals surface area contributed by atoms with E-state index in [1.165, 1.54) is 11.8 Å². The van der Waals surface area contributed by atoms with Crippen LogP contribution in [0.15, 0.2) is 41.4 Å². The quantitative estimate of drug-likeness (QED) is 0.626. The molecule has 3 rings (SSSR count). The van der Waals surface area contributed by atoms with Gasteiger partial charge in [-0.3, -0.25) is 10.1 Å². The zero-order valence-electron chi connectivity index (χ0n) is 16.7. The van der Waals surface area contributed by atoms with Crippen LogP contribution in [-0.2, 0) is 4.79 Å². The maximum atomic E-state index is 12.0. The van der Waals surface area contributed by atoms with E-state index < -0.39 is 11.9 Å². The minimum atomic E-state index is -0.565. The lowest BCUT2D eigenvalue weighted by Gasteiger charge is -2.08. The highest BCUT2D eigenvalue weighted by Crippen LogP contribution is 2.16. The van der Waals surface area contributed by atoms with E-state index >= 15 is 0 Å². The average molecular weight is 411 g/mol. The fourth-order valence-electron chi connectivity index (χ4n) is 2.65. The smallest absolute Gasteiger partial charge is 0.308 e. The third kappa shape index (κ3) is 5.41. The van der Waals surface area contributed by atoms with Gasteiger partial charge in [-0.05, 0) is 69.2 Å². The Balaban J connectivity index is 1.50. The fraction of sp³-hybridized carbons (Fsp3) is 0.250. The van der Waals surface area contributed by atoms with E-state index in [0.29, 0.717) is 16.5 Å². The highest BCUT2D eigenvalue weighted by Gasteiger charge is 2.11. The molecule has 0 saturated carbocycles. The number of thioether (sulfide) groups is 1. The van der Waals surface area contributed by atoms with E-state index in [1.807, 2.05) is 45.9 Å². The zero-order valence-corrected chi connectivity index (χ0v) is 17.5. The van der Waals surface area contributed by atoms with Crippen LogP contribution in [0.3, 0.4) is 0 Å². The molecule has 0 aliphatic heterocycles. The second-order valence-corrected chi connectivity index (χ2v) is 7.65. The third-order valence-electron chi connectivity index (χ3n) is 4.22. The summed E-state index contributed by atoms with van der Waals surface area (Å²) in [5, 5.41) is 18.2. The minimum absolute atomic E-state index is 0.0499. The number of hydrogen-bond donors (Lipinski definition) is 2. The largest absolute Gasteiger partial charge is 0.325 e. The van der Waals surface area contributed by atoms with Crippen LogP contribution in [0.2, 0.25) is 0 Å².